The second kappa shape index (κ2) is 10.7. The summed E-state index contributed by atoms with van der Waals surface area (Å²) >= 11 is 0. The van der Waals surface area contributed by atoms with E-state index in [2.05, 4.69) is 10.6 Å². The van der Waals surface area contributed by atoms with E-state index < -0.39 is 47.9 Å². The van der Waals surface area contributed by atoms with Crippen LogP contribution in [-0.2, 0) is 25.6 Å². The number of phenolic OH excluding ortho intramolecular Hbond substituents is 1. The molecule has 1 aliphatic heterocycles. The van der Waals surface area contributed by atoms with Crippen LogP contribution in [0.4, 0.5) is 0 Å². The van der Waals surface area contributed by atoms with E-state index >= 15 is 0 Å². The fourth-order valence-electron chi connectivity index (χ4n) is 3.44. The van der Waals surface area contributed by atoms with Crippen LogP contribution >= 0.6 is 0 Å². The number of aliphatic hydroxyl groups is 1. The van der Waals surface area contributed by atoms with Crippen LogP contribution < -0.4 is 16.4 Å². The third-order valence-electron chi connectivity index (χ3n) is 5.10. The fourth-order valence-corrected chi connectivity index (χ4v) is 3.44. The minimum Gasteiger partial charge on any atom is -0.508 e. The topological polar surface area (TPSA) is 182 Å². The Hall–Kier alpha value is -3.18. The van der Waals surface area contributed by atoms with E-state index in [9.17, 15) is 34.5 Å². The van der Waals surface area contributed by atoms with Crippen LogP contribution in [0.15, 0.2) is 24.3 Å². The summed E-state index contributed by atoms with van der Waals surface area (Å²) in [6, 6.07) is 2.29. The summed E-state index contributed by atoms with van der Waals surface area (Å²) in [6.45, 7) is 1.41. The molecule has 1 aliphatic rings. The highest BCUT2D eigenvalue weighted by molar-refractivity contribution is 5.94. The molecule has 0 bridgehead atoms. The standard InChI is InChI=1S/C20H28N4O7/c1-11(25)17(23-18(28)15-3-2-8-24(15)16(27)10-21)19(29)22-14(20(30)31)9-12-4-6-13(26)7-5-12/h4-7,11,14-15,17,25-26H,2-3,8-10,21H2,1H3,(H,22,29)(H,23,28)(H,30,31). The van der Waals surface area contributed by atoms with Gasteiger partial charge in [-0.15, -0.1) is 0 Å². The van der Waals surface area contributed by atoms with Gasteiger partial charge in [0.05, 0.1) is 12.6 Å². The maximum absolute atomic E-state index is 12.7. The van der Waals surface area contributed by atoms with Crippen LogP contribution in [0.5, 0.6) is 5.75 Å². The van der Waals surface area contributed by atoms with E-state index in [1.807, 2.05) is 0 Å². The van der Waals surface area contributed by atoms with Crippen LogP contribution in [0.25, 0.3) is 0 Å². The SMILES string of the molecule is CC(O)C(NC(=O)C1CCCN1C(=O)CN)C(=O)NC(Cc1ccc(O)cc1)C(=O)O. The summed E-state index contributed by atoms with van der Waals surface area (Å²) in [5.41, 5.74) is 5.93. The van der Waals surface area contributed by atoms with Crippen molar-refractivity contribution >= 4 is 23.7 Å². The molecular formula is C20H28N4O7. The largest absolute Gasteiger partial charge is 0.508 e. The highest BCUT2D eigenvalue weighted by atomic mass is 16.4. The minimum atomic E-state index is -1.41. The number of carbonyl (C=O) groups excluding carboxylic acids is 3. The number of aliphatic hydroxyl groups excluding tert-OH is 1. The van der Waals surface area contributed by atoms with E-state index in [-0.39, 0.29) is 18.7 Å². The lowest BCUT2D eigenvalue weighted by Gasteiger charge is -2.28. The maximum Gasteiger partial charge on any atom is 0.326 e. The number of amides is 3. The summed E-state index contributed by atoms with van der Waals surface area (Å²) in [4.78, 5) is 50.2. The first kappa shape index (κ1) is 24.1. The number of aromatic hydroxyl groups is 1. The molecule has 7 N–H and O–H groups in total. The number of phenols is 1. The van der Waals surface area contributed by atoms with Crippen LogP contribution in [0.2, 0.25) is 0 Å². The molecule has 1 saturated heterocycles. The summed E-state index contributed by atoms with van der Waals surface area (Å²) < 4.78 is 0. The highest BCUT2D eigenvalue weighted by Crippen LogP contribution is 2.18. The fraction of sp³-hybridized carbons (Fsp3) is 0.500. The number of carbonyl (C=O) groups is 4. The van der Waals surface area contributed by atoms with Gasteiger partial charge in [0.25, 0.3) is 0 Å². The van der Waals surface area contributed by atoms with Crippen molar-refractivity contribution in [1.29, 1.82) is 0 Å². The molecule has 1 fully saturated rings. The third-order valence-corrected chi connectivity index (χ3v) is 5.10. The number of aliphatic carboxylic acids is 1. The van der Waals surface area contributed by atoms with Crippen molar-refractivity contribution in [2.24, 2.45) is 5.73 Å². The first-order valence-electron chi connectivity index (χ1n) is 9.93. The molecule has 11 nitrogen and oxygen atoms in total. The molecular weight excluding hydrogens is 408 g/mol. The molecule has 3 amide bonds. The first-order valence-corrected chi connectivity index (χ1v) is 9.93. The second-order valence-corrected chi connectivity index (χ2v) is 7.45. The number of carboxylic acids is 1. The first-order chi connectivity index (χ1) is 14.6. The number of carboxylic acid groups (broad SMARTS) is 1. The molecule has 0 saturated carbocycles. The minimum absolute atomic E-state index is 0.0191. The van der Waals surface area contributed by atoms with Crippen LogP contribution in [-0.4, -0.2) is 81.2 Å². The molecule has 11 heteroatoms. The van der Waals surface area contributed by atoms with Crippen molar-refractivity contribution < 1.29 is 34.5 Å². The quantitative estimate of drug-likeness (QED) is 0.265. The monoisotopic (exact) mass is 436 g/mol. The normalized spacial score (nSPS) is 18.7. The third kappa shape index (κ3) is 6.40. The second-order valence-electron chi connectivity index (χ2n) is 7.45. The average molecular weight is 436 g/mol. The van der Waals surface area contributed by atoms with E-state index in [1.165, 1.54) is 36.1 Å². The summed E-state index contributed by atoms with van der Waals surface area (Å²) in [5.74, 6) is -3.16. The Morgan fingerprint density at radius 3 is 2.39 bits per heavy atom. The van der Waals surface area contributed by atoms with Crippen molar-refractivity contribution in [1.82, 2.24) is 15.5 Å². The van der Waals surface area contributed by atoms with E-state index in [1.54, 1.807) is 0 Å². The molecule has 1 heterocycles. The predicted octanol–water partition coefficient (Wildman–Crippen LogP) is -1.68. The van der Waals surface area contributed by atoms with Gasteiger partial charge >= 0.3 is 5.97 Å². The number of likely N-dealkylation sites (tertiary alicyclic amines) is 1. The van der Waals surface area contributed by atoms with Gasteiger partial charge in [-0.2, -0.15) is 0 Å². The number of hydrogen-bond donors (Lipinski definition) is 6. The average Bonchev–Trinajstić information content (AvgIpc) is 3.21. The van der Waals surface area contributed by atoms with Gasteiger partial charge in [0.2, 0.25) is 17.7 Å². The van der Waals surface area contributed by atoms with E-state index in [0.717, 1.165) is 0 Å². The maximum atomic E-state index is 12.7. The van der Waals surface area contributed by atoms with Crippen molar-refractivity contribution in [3.8, 4) is 5.75 Å². The van der Waals surface area contributed by atoms with Gasteiger partial charge < -0.3 is 36.6 Å². The number of rotatable bonds is 9. The lowest BCUT2D eigenvalue weighted by atomic mass is 10.0. The Morgan fingerprint density at radius 2 is 1.84 bits per heavy atom. The number of nitrogens with one attached hydrogen (secondary N) is 2. The highest BCUT2D eigenvalue weighted by Gasteiger charge is 2.37. The van der Waals surface area contributed by atoms with Crippen molar-refractivity contribution in [3.63, 3.8) is 0 Å². The number of hydrogen-bond acceptors (Lipinski definition) is 7. The molecule has 170 valence electrons. The Morgan fingerprint density at radius 1 is 1.19 bits per heavy atom. The lowest BCUT2D eigenvalue weighted by Crippen LogP contribution is -2.59. The van der Waals surface area contributed by atoms with Gasteiger partial charge in [0.1, 0.15) is 23.9 Å². The van der Waals surface area contributed by atoms with Crippen molar-refractivity contribution in [2.75, 3.05) is 13.1 Å². The van der Waals surface area contributed by atoms with Gasteiger partial charge in [0, 0.05) is 13.0 Å². The zero-order valence-corrected chi connectivity index (χ0v) is 17.2. The van der Waals surface area contributed by atoms with Gasteiger partial charge in [-0.05, 0) is 37.5 Å². The van der Waals surface area contributed by atoms with Crippen LogP contribution in [0, 0.1) is 0 Å². The number of nitrogens with zero attached hydrogens (tertiary/aromatic N) is 1. The molecule has 4 unspecified atom stereocenters. The molecule has 0 aromatic heterocycles. The Balaban J connectivity index is 2.07. The van der Waals surface area contributed by atoms with E-state index in [4.69, 9.17) is 5.73 Å². The number of nitrogens with two attached hydrogens (primary N) is 1. The summed E-state index contributed by atoms with van der Waals surface area (Å²) in [6.07, 6.45) is -0.386. The molecule has 1 aromatic rings. The van der Waals surface area contributed by atoms with Gasteiger partial charge in [-0.3, -0.25) is 14.4 Å². The Labute approximate surface area is 179 Å². The molecule has 4 atom stereocenters. The van der Waals surface area contributed by atoms with Gasteiger partial charge in [0.15, 0.2) is 0 Å². The molecule has 0 aliphatic carbocycles. The predicted molar refractivity (Wildman–Crippen MR) is 109 cm³/mol. The summed E-state index contributed by atoms with van der Waals surface area (Å²) in [7, 11) is 0. The van der Waals surface area contributed by atoms with Crippen LogP contribution in [0.1, 0.15) is 25.3 Å². The summed E-state index contributed by atoms with van der Waals surface area (Å²) in [5, 5.41) is 33.6. The van der Waals surface area contributed by atoms with Gasteiger partial charge in [-0.1, -0.05) is 12.1 Å². The molecule has 0 radical (unpaired) electrons. The van der Waals surface area contributed by atoms with Crippen molar-refractivity contribution in [2.45, 2.75) is 50.4 Å². The zero-order chi connectivity index (χ0) is 23.1. The molecule has 31 heavy (non-hydrogen) atoms. The molecule has 0 spiro atoms. The molecule has 2 rings (SSSR count). The Kier molecular flexibility index (Phi) is 8.34. The Bertz CT molecular complexity index is 812. The van der Waals surface area contributed by atoms with Crippen LogP contribution in [0.3, 0.4) is 0 Å². The molecule has 1 aromatic carbocycles. The zero-order valence-electron chi connectivity index (χ0n) is 17.2. The number of benzene rings is 1. The lowest BCUT2D eigenvalue weighted by molar-refractivity contribution is -0.143. The van der Waals surface area contributed by atoms with Crippen molar-refractivity contribution in [3.05, 3.63) is 29.8 Å². The van der Waals surface area contributed by atoms with E-state index in [0.29, 0.717) is 24.9 Å². The smallest absolute Gasteiger partial charge is 0.326 e. The van der Waals surface area contributed by atoms with Gasteiger partial charge in [-0.25, -0.2) is 4.79 Å².